The summed E-state index contributed by atoms with van der Waals surface area (Å²) in [5.74, 6) is 0.272. The minimum atomic E-state index is -3.67. The van der Waals surface area contributed by atoms with E-state index >= 15 is 0 Å². The molecule has 0 unspecified atom stereocenters. The van der Waals surface area contributed by atoms with Gasteiger partial charge in [-0.15, -0.1) is 0 Å². The number of nitrogens with zero attached hydrogens (tertiary/aromatic N) is 4. The Hall–Kier alpha value is -3.29. The number of hydrogen-bond acceptors (Lipinski definition) is 7. The normalized spacial score (nSPS) is 12.5. The Morgan fingerprint density at radius 3 is 2.24 bits per heavy atom. The lowest BCUT2D eigenvalue weighted by molar-refractivity contribution is 0.588. The lowest BCUT2D eigenvalue weighted by atomic mass is 10.0. The van der Waals surface area contributed by atoms with Crippen LogP contribution in [0, 0.1) is 13.8 Å². The Morgan fingerprint density at radius 1 is 1.00 bits per heavy atom. The van der Waals surface area contributed by atoms with Crippen molar-refractivity contribution in [3.8, 4) is 0 Å². The van der Waals surface area contributed by atoms with Crippen LogP contribution in [0.3, 0.4) is 0 Å². The zero-order chi connectivity index (χ0) is 24.7. The summed E-state index contributed by atoms with van der Waals surface area (Å²) in [6, 6.07) is 13.2. The minimum absolute atomic E-state index is 0.272. The highest BCUT2D eigenvalue weighted by molar-refractivity contribution is 7.90. The number of rotatable bonds is 6. The number of benzene rings is 2. The third-order valence-electron chi connectivity index (χ3n) is 5.43. The highest BCUT2D eigenvalue weighted by atomic mass is 32.2. The van der Waals surface area contributed by atoms with Gasteiger partial charge < -0.3 is 9.88 Å². The first-order valence-corrected chi connectivity index (χ1v) is 15.0. The second-order valence-corrected chi connectivity index (χ2v) is 13.7. The maximum absolute atomic E-state index is 12.3. The van der Waals surface area contributed by atoms with Crippen molar-refractivity contribution in [1.29, 1.82) is 0 Å². The van der Waals surface area contributed by atoms with Crippen LogP contribution >= 0.6 is 7.14 Å². The van der Waals surface area contributed by atoms with Gasteiger partial charge in [0, 0.05) is 23.4 Å². The molecule has 0 amide bonds. The van der Waals surface area contributed by atoms with Crippen LogP contribution < -0.4 is 10.6 Å². The first-order valence-electron chi connectivity index (χ1n) is 10.5. The third-order valence-corrected chi connectivity index (χ3v) is 7.82. The smallest absolute Gasteiger partial charge is 0.250 e. The molecule has 0 radical (unpaired) electrons. The highest BCUT2D eigenvalue weighted by Crippen LogP contribution is 2.35. The van der Waals surface area contributed by atoms with Crippen LogP contribution in [0.15, 0.2) is 53.9 Å². The van der Waals surface area contributed by atoms with E-state index in [2.05, 4.69) is 20.3 Å². The molecule has 0 aliphatic heterocycles. The quantitative estimate of drug-likeness (QED) is 0.311. The predicted octanol–water partition coefficient (Wildman–Crippen LogP) is 4.47. The minimum Gasteiger partial charge on any atom is -0.338 e. The van der Waals surface area contributed by atoms with E-state index in [0.717, 1.165) is 28.3 Å². The molecular formula is C24H26N5O3PS. The molecule has 34 heavy (non-hydrogen) atoms. The van der Waals surface area contributed by atoms with Gasteiger partial charge in [0.05, 0.1) is 0 Å². The number of aromatic nitrogens is 4. The Kier molecular flexibility index (Phi) is 6.18. The maximum Gasteiger partial charge on any atom is 0.250 e. The van der Waals surface area contributed by atoms with E-state index in [-0.39, 0.29) is 11.0 Å². The molecule has 0 saturated carbocycles. The summed E-state index contributed by atoms with van der Waals surface area (Å²) in [6.07, 6.45) is 6.41. The SMILES string of the molecule is Cc1cccc(C)c1/C=C/n1cnc2c(Nc3ccc(P(C)(C)=O)cc3)nc(S(C)(=O)=O)nc21. The molecule has 0 spiro atoms. The summed E-state index contributed by atoms with van der Waals surface area (Å²) in [5.41, 5.74) is 4.78. The van der Waals surface area contributed by atoms with Gasteiger partial charge in [-0.25, -0.2) is 13.4 Å². The summed E-state index contributed by atoms with van der Waals surface area (Å²) < 4.78 is 38.6. The van der Waals surface area contributed by atoms with Crippen molar-refractivity contribution in [2.45, 2.75) is 19.0 Å². The second-order valence-electron chi connectivity index (χ2n) is 8.59. The number of fused-ring (bicyclic) bond motifs is 1. The standard InChI is InChI=1S/C24H26N5O3PS/c1-16-7-6-8-17(2)20(16)13-14-29-15-25-21-22(27-24(28-23(21)29)34(5,31)32)26-18-9-11-19(12-10-18)33(3,4)30/h6-15H,1-5H3,(H,26,27,28)/b14-13+. The molecular weight excluding hydrogens is 469 g/mol. The fourth-order valence-corrected chi connectivity index (χ4v) is 4.92. The van der Waals surface area contributed by atoms with Crippen LogP contribution in [-0.2, 0) is 14.4 Å². The van der Waals surface area contributed by atoms with Crippen molar-refractivity contribution >= 4 is 57.2 Å². The van der Waals surface area contributed by atoms with Crippen LogP contribution in [0.1, 0.15) is 16.7 Å². The van der Waals surface area contributed by atoms with Gasteiger partial charge in [-0.3, -0.25) is 4.57 Å². The molecule has 0 atom stereocenters. The molecule has 0 saturated heterocycles. The number of anilines is 2. The fraction of sp³-hybridized carbons (Fsp3) is 0.208. The molecule has 176 valence electrons. The summed E-state index contributed by atoms with van der Waals surface area (Å²) in [5, 5.41) is 3.59. The topological polar surface area (TPSA) is 107 Å². The third kappa shape index (κ3) is 4.95. The Balaban J connectivity index is 1.79. The van der Waals surface area contributed by atoms with Crippen molar-refractivity contribution in [2.75, 3.05) is 24.9 Å². The van der Waals surface area contributed by atoms with E-state index in [0.29, 0.717) is 16.9 Å². The number of sulfone groups is 1. The number of hydrogen-bond donors (Lipinski definition) is 1. The van der Waals surface area contributed by atoms with Crippen molar-refractivity contribution in [2.24, 2.45) is 0 Å². The van der Waals surface area contributed by atoms with Gasteiger partial charge in [0.2, 0.25) is 9.84 Å². The number of nitrogens with one attached hydrogen (secondary N) is 1. The first-order chi connectivity index (χ1) is 15.9. The second kappa shape index (κ2) is 8.81. The number of aryl methyl sites for hydroxylation is 2. The largest absolute Gasteiger partial charge is 0.338 e. The van der Waals surface area contributed by atoms with Crippen molar-refractivity contribution in [3.05, 3.63) is 65.5 Å². The fourth-order valence-electron chi connectivity index (χ4n) is 3.54. The monoisotopic (exact) mass is 495 g/mol. The molecule has 2 heterocycles. The summed E-state index contributed by atoms with van der Waals surface area (Å²) in [6.45, 7) is 7.48. The van der Waals surface area contributed by atoms with Gasteiger partial charge >= 0.3 is 0 Å². The molecule has 10 heteroatoms. The van der Waals surface area contributed by atoms with E-state index in [1.54, 1.807) is 48.5 Å². The molecule has 4 rings (SSSR count). The molecule has 8 nitrogen and oxygen atoms in total. The molecule has 2 aromatic carbocycles. The van der Waals surface area contributed by atoms with E-state index < -0.39 is 17.0 Å². The molecule has 1 N–H and O–H groups in total. The average Bonchev–Trinajstić information content (AvgIpc) is 3.16. The average molecular weight is 496 g/mol. The van der Waals surface area contributed by atoms with Gasteiger partial charge in [0.1, 0.15) is 13.5 Å². The first kappa shape index (κ1) is 23.9. The van der Waals surface area contributed by atoms with E-state index in [4.69, 9.17) is 0 Å². The summed E-state index contributed by atoms with van der Waals surface area (Å²) in [7, 11) is -6.06. The zero-order valence-corrected chi connectivity index (χ0v) is 21.4. The van der Waals surface area contributed by atoms with Crippen LogP contribution in [0.2, 0.25) is 0 Å². The highest BCUT2D eigenvalue weighted by Gasteiger charge is 2.19. The van der Waals surface area contributed by atoms with Crippen LogP contribution in [-0.4, -0.2) is 47.5 Å². The van der Waals surface area contributed by atoms with Gasteiger partial charge in [0.15, 0.2) is 17.0 Å². The van der Waals surface area contributed by atoms with E-state index in [1.807, 2.05) is 44.3 Å². The Bertz CT molecular complexity index is 1550. The lowest BCUT2D eigenvalue weighted by Gasteiger charge is -2.10. The van der Waals surface area contributed by atoms with Gasteiger partial charge in [0.25, 0.3) is 5.16 Å². The maximum atomic E-state index is 12.3. The molecule has 0 aliphatic rings. The van der Waals surface area contributed by atoms with Crippen molar-refractivity contribution < 1.29 is 13.0 Å². The molecule has 4 aromatic rings. The zero-order valence-electron chi connectivity index (χ0n) is 19.6. The van der Waals surface area contributed by atoms with Gasteiger partial charge in [-0.05, 0) is 74.2 Å². The predicted molar refractivity (Wildman–Crippen MR) is 138 cm³/mol. The van der Waals surface area contributed by atoms with Crippen molar-refractivity contribution in [1.82, 2.24) is 19.5 Å². The van der Waals surface area contributed by atoms with E-state index in [1.165, 1.54) is 0 Å². The van der Waals surface area contributed by atoms with E-state index in [9.17, 15) is 13.0 Å². The molecule has 0 bridgehead atoms. The van der Waals surface area contributed by atoms with Crippen molar-refractivity contribution in [3.63, 3.8) is 0 Å². The molecule has 0 aliphatic carbocycles. The van der Waals surface area contributed by atoms with Gasteiger partial charge in [-0.2, -0.15) is 9.97 Å². The van der Waals surface area contributed by atoms with Crippen LogP contribution in [0.5, 0.6) is 0 Å². The van der Waals surface area contributed by atoms with Gasteiger partial charge in [-0.1, -0.05) is 18.2 Å². The van der Waals surface area contributed by atoms with Crippen LogP contribution in [0.4, 0.5) is 11.5 Å². The lowest BCUT2D eigenvalue weighted by Crippen LogP contribution is -2.08. The molecule has 0 fully saturated rings. The Morgan fingerprint density at radius 2 is 1.65 bits per heavy atom. The molecule has 2 aromatic heterocycles. The Labute approximate surface area is 199 Å². The summed E-state index contributed by atoms with van der Waals surface area (Å²) in [4.78, 5) is 13.0. The number of imidazole rings is 1. The summed E-state index contributed by atoms with van der Waals surface area (Å²) >= 11 is 0. The van der Waals surface area contributed by atoms with Crippen LogP contribution in [0.25, 0.3) is 23.4 Å².